The van der Waals surface area contributed by atoms with Crippen molar-refractivity contribution in [2.45, 2.75) is 38.4 Å². The summed E-state index contributed by atoms with van der Waals surface area (Å²) in [5.74, 6) is 0. The van der Waals surface area contributed by atoms with E-state index in [9.17, 15) is 0 Å². The Balaban J connectivity index is 1.47. The molecule has 0 aromatic carbocycles. The molecule has 0 spiro atoms. The summed E-state index contributed by atoms with van der Waals surface area (Å²) >= 11 is 1.68. The van der Waals surface area contributed by atoms with Crippen molar-refractivity contribution in [3.8, 4) is 0 Å². The van der Waals surface area contributed by atoms with Crippen LogP contribution in [0, 0.1) is 0 Å². The van der Waals surface area contributed by atoms with E-state index < -0.39 is 0 Å². The third-order valence-electron chi connectivity index (χ3n) is 3.71. The van der Waals surface area contributed by atoms with Crippen LogP contribution < -0.4 is 5.32 Å². The first-order valence-corrected chi connectivity index (χ1v) is 7.46. The molecule has 18 heavy (non-hydrogen) atoms. The summed E-state index contributed by atoms with van der Waals surface area (Å²) in [4.78, 5) is 8.13. The van der Waals surface area contributed by atoms with Gasteiger partial charge in [0.2, 0.25) is 0 Å². The van der Waals surface area contributed by atoms with Crippen LogP contribution in [0.4, 0.5) is 0 Å². The van der Waals surface area contributed by atoms with Crippen molar-refractivity contribution >= 4 is 16.3 Å². The van der Waals surface area contributed by atoms with Crippen LogP contribution in [0.5, 0.6) is 0 Å². The second-order valence-corrected chi connectivity index (χ2v) is 6.07. The molecule has 2 aromatic heterocycles. The average Bonchev–Trinajstić information content (AvgIpc) is 2.99. The number of aromatic nitrogens is 2. The first-order chi connectivity index (χ1) is 8.74. The zero-order valence-corrected chi connectivity index (χ0v) is 11.8. The maximum Gasteiger partial charge on any atom is 0.193 e. The van der Waals surface area contributed by atoms with Crippen LogP contribution in [-0.2, 0) is 6.54 Å². The molecule has 1 fully saturated rings. The summed E-state index contributed by atoms with van der Waals surface area (Å²) in [5, 5.41) is 5.56. The number of thiazole rings is 1. The Morgan fingerprint density at radius 1 is 1.61 bits per heavy atom. The molecule has 1 aliphatic carbocycles. The lowest BCUT2D eigenvalue weighted by molar-refractivity contribution is 0.241. The summed E-state index contributed by atoms with van der Waals surface area (Å²) in [7, 11) is 2.23. The lowest BCUT2D eigenvalue weighted by Crippen LogP contribution is -2.38. The summed E-state index contributed by atoms with van der Waals surface area (Å²) in [6, 6.07) is 1.43. The Labute approximate surface area is 112 Å². The smallest absolute Gasteiger partial charge is 0.193 e. The number of nitrogens with zero attached hydrogens (tertiary/aromatic N) is 3. The third kappa shape index (κ3) is 2.58. The van der Waals surface area contributed by atoms with Gasteiger partial charge in [-0.3, -0.25) is 9.30 Å². The monoisotopic (exact) mass is 264 g/mol. The van der Waals surface area contributed by atoms with Crippen molar-refractivity contribution in [1.29, 1.82) is 0 Å². The van der Waals surface area contributed by atoms with E-state index in [1.54, 1.807) is 11.3 Å². The predicted molar refractivity (Wildman–Crippen MR) is 75.0 cm³/mol. The molecule has 0 radical (unpaired) electrons. The fourth-order valence-electron chi connectivity index (χ4n) is 2.26. The van der Waals surface area contributed by atoms with Gasteiger partial charge in [-0.15, -0.1) is 11.3 Å². The van der Waals surface area contributed by atoms with E-state index in [1.807, 2.05) is 0 Å². The van der Waals surface area contributed by atoms with Crippen molar-refractivity contribution < 1.29 is 0 Å². The molecule has 0 amide bonds. The second-order valence-electron chi connectivity index (χ2n) is 5.20. The normalized spacial score (nSPS) is 17.7. The highest BCUT2D eigenvalue weighted by molar-refractivity contribution is 7.15. The zero-order valence-electron chi connectivity index (χ0n) is 11.0. The summed E-state index contributed by atoms with van der Waals surface area (Å²) in [5.41, 5.74) is 1.13. The zero-order chi connectivity index (χ0) is 12.5. The molecule has 0 saturated heterocycles. The maximum atomic E-state index is 4.57. The Kier molecular flexibility index (Phi) is 3.37. The van der Waals surface area contributed by atoms with Crippen LogP contribution in [-0.4, -0.2) is 40.0 Å². The first-order valence-electron chi connectivity index (χ1n) is 6.58. The van der Waals surface area contributed by atoms with Gasteiger partial charge in [0, 0.05) is 42.9 Å². The number of imidazole rings is 1. The number of hydrogen-bond acceptors (Lipinski definition) is 4. The highest BCUT2D eigenvalue weighted by atomic mass is 32.1. The van der Waals surface area contributed by atoms with Gasteiger partial charge >= 0.3 is 0 Å². The van der Waals surface area contributed by atoms with Crippen LogP contribution in [0.15, 0.2) is 17.8 Å². The van der Waals surface area contributed by atoms with E-state index in [4.69, 9.17) is 0 Å². The van der Waals surface area contributed by atoms with Crippen molar-refractivity contribution in [2.24, 2.45) is 0 Å². The molecule has 1 saturated carbocycles. The minimum atomic E-state index is 0.598. The van der Waals surface area contributed by atoms with Gasteiger partial charge < -0.3 is 5.32 Å². The van der Waals surface area contributed by atoms with Crippen molar-refractivity contribution in [3.63, 3.8) is 0 Å². The van der Waals surface area contributed by atoms with Gasteiger partial charge in [-0.2, -0.15) is 0 Å². The number of nitrogens with one attached hydrogen (secondary N) is 1. The van der Waals surface area contributed by atoms with Crippen LogP contribution in [0.2, 0.25) is 0 Å². The summed E-state index contributed by atoms with van der Waals surface area (Å²) in [6.07, 6.45) is 6.91. The lowest BCUT2D eigenvalue weighted by atomic mass is 10.3. The Hall–Kier alpha value is -0.910. The molecule has 1 unspecified atom stereocenters. The fraction of sp³-hybridized carbons (Fsp3) is 0.615. The molecule has 2 heterocycles. The van der Waals surface area contributed by atoms with E-state index in [0.717, 1.165) is 29.8 Å². The standard InChI is InChI=1S/C13H20N4S/c1-10(16(2)12-3-4-12)7-14-8-11-9-17-5-6-18-13(17)15-11/h5-6,9-10,12,14H,3-4,7-8H2,1-2H3. The highest BCUT2D eigenvalue weighted by Gasteiger charge is 2.28. The molecular formula is C13H20N4S. The molecule has 5 heteroatoms. The number of hydrogen-bond donors (Lipinski definition) is 1. The summed E-state index contributed by atoms with van der Waals surface area (Å²) in [6.45, 7) is 4.17. The van der Waals surface area contributed by atoms with Crippen molar-refractivity contribution in [2.75, 3.05) is 13.6 Å². The molecule has 4 nitrogen and oxygen atoms in total. The van der Waals surface area contributed by atoms with Gasteiger partial charge in [-0.05, 0) is 26.8 Å². The summed E-state index contributed by atoms with van der Waals surface area (Å²) < 4.78 is 2.08. The number of likely N-dealkylation sites (N-methyl/N-ethyl adjacent to an activating group) is 1. The Bertz CT molecular complexity index is 485. The van der Waals surface area contributed by atoms with Crippen LogP contribution in [0.3, 0.4) is 0 Å². The van der Waals surface area contributed by atoms with Gasteiger partial charge in [0.1, 0.15) is 0 Å². The van der Waals surface area contributed by atoms with Gasteiger partial charge in [0.15, 0.2) is 4.96 Å². The van der Waals surface area contributed by atoms with Gasteiger partial charge in [0.05, 0.1) is 5.69 Å². The maximum absolute atomic E-state index is 4.57. The number of rotatable bonds is 6. The minimum Gasteiger partial charge on any atom is -0.310 e. The highest BCUT2D eigenvalue weighted by Crippen LogP contribution is 2.26. The third-order valence-corrected chi connectivity index (χ3v) is 4.48. The fourth-order valence-corrected chi connectivity index (χ4v) is 2.98. The first kappa shape index (κ1) is 12.1. The minimum absolute atomic E-state index is 0.598. The van der Waals surface area contributed by atoms with E-state index in [-0.39, 0.29) is 0 Å². The lowest BCUT2D eigenvalue weighted by Gasteiger charge is -2.24. The molecule has 98 valence electrons. The Morgan fingerprint density at radius 2 is 2.44 bits per heavy atom. The van der Waals surface area contributed by atoms with Gasteiger partial charge in [0.25, 0.3) is 0 Å². The predicted octanol–water partition coefficient (Wildman–Crippen LogP) is 1.97. The molecule has 1 atom stereocenters. The quantitative estimate of drug-likeness (QED) is 0.866. The van der Waals surface area contributed by atoms with E-state index >= 15 is 0 Å². The average molecular weight is 264 g/mol. The van der Waals surface area contributed by atoms with E-state index in [0.29, 0.717) is 6.04 Å². The van der Waals surface area contributed by atoms with Crippen molar-refractivity contribution in [1.82, 2.24) is 19.6 Å². The molecule has 0 bridgehead atoms. The van der Waals surface area contributed by atoms with Gasteiger partial charge in [-0.1, -0.05) is 0 Å². The molecule has 1 aliphatic rings. The van der Waals surface area contributed by atoms with Crippen LogP contribution in [0.25, 0.3) is 4.96 Å². The molecule has 3 rings (SSSR count). The topological polar surface area (TPSA) is 32.6 Å². The van der Waals surface area contributed by atoms with Gasteiger partial charge in [-0.25, -0.2) is 4.98 Å². The largest absolute Gasteiger partial charge is 0.310 e. The SMILES string of the molecule is CC(CNCc1cn2ccsc2n1)N(C)C1CC1. The van der Waals surface area contributed by atoms with Crippen LogP contribution >= 0.6 is 11.3 Å². The molecule has 0 aliphatic heterocycles. The second kappa shape index (κ2) is 4.99. The van der Waals surface area contributed by atoms with E-state index in [2.05, 4.69) is 51.3 Å². The van der Waals surface area contributed by atoms with E-state index in [1.165, 1.54) is 12.8 Å². The Morgan fingerprint density at radius 3 is 3.17 bits per heavy atom. The molecule has 1 N–H and O–H groups in total. The molecular weight excluding hydrogens is 244 g/mol. The molecule has 2 aromatic rings. The van der Waals surface area contributed by atoms with Crippen molar-refractivity contribution in [3.05, 3.63) is 23.5 Å². The number of fused-ring (bicyclic) bond motifs is 1. The van der Waals surface area contributed by atoms with Crippen LogP contribution in [0.1, 0.15) is 25.5 Å².